The largest absolute Gasteiger partial charge is 0.573 e. The second-order valence-corrected chi connectivity index (χ2v) is 6.64. The van der Waals surface area contributed by atoms with Crippen LogP contribution in [0.15, 0.2) is 42.5 Å². The van der Waals surface area contributed by atoms with Crippen LogP contribution in [0.3, 0.4) is 0 Å². The number of halogens is 3. The lowest BCUT2D eigenvalue weighted by molar-refractivity contribution is -0.274. The van der Waals surface area contributed by atoms with Gasteiger partial charge >= 0.3 is 6.36 Å². The molecular formula is C20H23F3N2O2. The number of rotatable bonds is 7. The van der Waals surface area contributed by atoms with Crippen LogP contribution in [-0.2, 0) is 0 Å². The minimum absolute atomic E-state index is 0.175. The first kappa shape index (κ1) is 20.6. The highest BCUT2D eigenvalue weighted by Gasteiger charge is 2.32. The van der Waals surface area contributed by atoms with E-state index in [-0.39, 0.29) is 17.3 Å². The molecule has 0 saturated heterocycles. The van der Waals surface area contributed by atoms with Crippen LogP contribution in [0.2, 0.25) is 0 Å². The second-order valence-electron chi connectivity index (χ2n) is 6.64. The van der Waals surface area contributed by atoms with Crippen LogP contribution in [0.5, 0.6) is 5.75 Å². The van der Waals surface area contributed by atoms with Crippen molar-refractivity contribution in [3.05, 3.63) is 53.6 Å². The van der Waals surface area contributed by atoms with Crippen LogP contribution in [0.4, 0.5) is 24.5 Å². The highest BCUT2D eigenvalue weighted by Crippen LogP contribution is 2.33. The van der Waals surface area contributed by atoms with E-state index >= 15 is 0 Å². The van der Waals surface area contributed by atoms with E-state index in [1.54, 1.807) is 31.2 Å². The molecule has 0 saturated carbocycles. The Labute approximate surface area is 156 Å². The molecule has 2 rings (SSSR count). The van der Waals surface area contributed by atoms with Gasteiger partial charge in [-0.2, -0.15) is 0 Å². The Morgan fingerprint density at radius 1 is 1.11 bits per heavy atom. The number of carbonyl (C=O) groups is 1. The van der Waals surface area contributed by atoms with Crippen LogP contribution in [-0.4, -0.2) is 18.8 Å². The molecule has 2 aromatic rings. The lowest BCUT2D eigenvalue weighted by Crippen LogP contribution is -2.25. The number of ether oxygens (including phenoxy) is 1. The molecule has 0 radical (unpaired) electrons. The molecule has 0 unspecified atom stereocenters. The zero-order chi connectivity index (χ0) is 20.0. The Bertz CT molecular complexity index is 789. The third kappa shape index (κ3) is 6.51. The summed E-state index contributed by atoms with van der Waals surface area (Å²) < 4.78 is 41.7. The number of alkyl halides is 3. The highest BCUT2D eigenvalue weighted by molar-refractivity contribution is 5.95. The third-order valence-electron chi connectivity index (χ3n) is 3.88. The van der Waals surface area contributed by atoms with Crippen LogP contribution in [0.1, 0.15) is 36.2 Å². The van der Waals surface area contributed by atoms with Gasteiger partial charge in [-0.25, -0.2) is 0 Å². The minimum Gasteiger partial charge on any atom is -0.404 e. The van der Waals surface area contributed by atoms with E-state index in [4.69, 9.17) is 0 Å². The standard InChI is InChI=1S/C20H23F3N2O2/c1-13(2)10-11-24-19(26)15-8-9-16(14(3)12-15)25-17-6-4-5-7-18(17)27-20(21,22)23/h4-9,12-13,25H,10-11H2,1-3H3,(H,24,26). The van der Waals surface area contributed by atoms with Crippen LogP contribution < -0.4 is 15.4 Å². The molecule has 0 aliphatic heterocycles. The molecule has 0 aliphatic carbocycles. The molecule has 2 aromatic carbocycles. The molecule has 1 amide bonds. The summed E-state index contributed by atoms with van der Waals surface area (Å²) in [6, 6.07) is 10.8. The van der Waals surface area contributed by atoms with Gasteiger partial charge in [0.15, 0.2) is 5.75 Å². The van der Waals surface area contributed by atoms with Gasteiger partial charge in [0.05, 0.1) is 5.69 Å². The maximum atomic E-state index is 12.5. The first-order valence-corrected chi connectivity index (χ1v) is 8.66. The fourth-order valence-corrected chi connectivity index (χ4v) is 2.45. The fraction of sp³-hybridized carbons (Fsp3) is 0.350. The number of aryl methyl sites for hydroxylation is 1. The van der Waals surface area contributed by atoms with Gasteiger partial charge in [-0.15, -0.1) is 13.2 Å². The number of nitrogens with one attached hydrogen (secondary N) is 2. The number of para-hydroxylation sites is 2. The molecule has 0 bridgehead atoms. The molecule has 7 heteroatoms. The van der Waals surface area contributed by atoms with Crippen molar-refractivity contribution in [2.24, 2.45) is 5.92 Å². The Balaban J connectivity index is 2.12. The van der Waals surface area contributed by atoms with Crippen molar-refractivity contribution in [3.63, 3.8) is 0 Å². The molecule has 0 fully saturated rings. The lowest BCUT2D eigenvalue weighted by Gasteiger charge is -2.16. The third-order valence-corrected chi connectivity index (χ3v) is 3.88. The average molecular weight is 380 g/mol. The molecule has 146 valence electrons. The van der Waals surface area contributed by atoms with E-state index in [1.807, 2.05) is 0 Å². The fourth-order valence-electron chi connectivity index (χ4n) is 2.45. The summed E-state index contributed by atoms with van der Waals surface area (Å²) in [6.07, 6.45) is -3.88. The van der Waals surface area contributed by atoms with Crippen molar-refractivity contribution in [2.45, 2.75) is 33.6 Å². The van der Waals surface area contributed by atoms with Gasteiger partial charge in [0.2, 0.25) is 0 Å². The number of carbonyl (C=O) groups excluding carboxylic acids is 1. The molecule has 0 spiro atoms. The van der Waals surface area contributed by atoms with Crippen LogP contribution >= 0.6 is 0 Å². The summed E-state index contributed by atoms with van der Waals surface area (Å²) in [6.45, 7) is 6.53. The first-order valence-electron chi connectivity index (χ1n) is 8.66. The maximum Gasteiger partial charge on any atom is 0.573 e. The van der Waals surface area contributed by atoms with Crippen molar-refractivity contribution in [1.82, 2.24) is 5.32 Å². The van der Waals surface area contributed by atoms with Crippen LogP contribution in [0.25, 0.3) is 0 Å². The SMILES string of the molecule is Cc1cc(C(=O)NCCC(C)C)ccc1Nc1ccccc1OC(F)(F)F. The predicted molar refractivity (Wildman–Crippen MR) is 99.4 cm³/mol. The maximum absolute atomic E-state index is 12.5. The number of benzene rings is 2. The molecule has 0 aromatic heterocycles. The van der Waals surface area contributed by atoms with E-state index in [0.29, 0.717) is 23.7 Å². The predicted octanol–water partition coefficient (Wildman–Crippen LogP) is 5.41. The second kappa shape index (κ2) is 8.79. The highest BCUT2D eigenvalue weighted by atomic mass is 19.4. The minimum atomic E-state index is -4.77. The summed E-state index contributed by atoms with van der Waals surface area (Å²) in [5, 5.41) is 5.79. The smallest absolute Gasteiger partial charge is 0.404 e. The van der Waals surface area contributed by atoms with E-state index in [0.717, 1.165) is 12.0 Å². The molecular weight excluding hydrogens is 357 g/mol. The van der Waals surface area contributed by atoms with Gasteiger partial charge in [0.25, 0.3) is 5.91 Å². The zero-order valence-electron chi connectivity index (χ0n) is 15.5. The van der Waals surface area contributed by atoms with Gasteiger partial charge in [-0.3, -0.25) is 4.79 Å². The zero-order valence-corrected chi connectivity index (χ0v) is 15.5. The number of amides is 1. The summed E-state index contributed by atoms with van der Waals surface area (Å²) in [4.78, 5) is 12.2. The van der Waals surface area contributed by atoms with Gasteiger partial charge in [0, 0.05) is 17.8 Å². The van der Waals surface area contributed by atoms with Gasteiger partial charge in [-0.1, -0.05) is 26.0 Å². The topological polar surface area (TPSA) is 50.4 Å². The quantitative estimate of drug-likeness (QED) is 0.675. The Hall–Kier alpha value is -2.70. The number of anilines is 2. The van der Waals surface area contributed by atoms with Gasteiger partial charge in [-0.05, 0) is 55.2 Å². The Morgan fingerprint density at radius 3 is 2.44 bits per heavy atom. The average Bonchev–Trinajstić information content (AvgIpc) is 2.56. The molecule has 0 heterocycles. The lowest BCUT2D eigenvalue weighted by atomic mass is 10.1. The molecule has 0 atom stereocenters. The number of hydrogen-bond donors (Lipinski definition) is 2. The Kier molecular flexibility index (Phi) is 6.71. The van der Waals surface area contributed by atoms with Gasteiger partial charge in [0.1, 0.15) is 0 Å². The Morgan fingerprint density at radius 2 is 1.81 bits per heavy atom. The van der Waals surface area contributed by atoms with Crippen molar-refractivity contribution in [1.29, 1.82) is 0 Å². The van der Waals surface area contributed by atoms with Crippen molar-refractivity contribution in [3.8, 4) is 5.75 Å². The monoisotopic (exact) mass is 380 g/mol. The van der Waals surface area contributed by atoms with E-state index in [1.165, 1.54) is 18.2 Å². The summed E-state index contributed by atoms with van der Waals surface area (Å²) >= 11 is 0. The van der Waals surface area contributed by atoms with E-state index in [9.17, 15) is 18.0 Å². The first-order chi connectivity index (χ1) is 12.7. The molecule has 27 heavy (non-hydrogen) atoms. The summed E-state index contributed by atoms with van der Waals surface area (Å²) in [5.74, 6) is 0.00334. The van der Waals surface area contributed by atoms with Gasteiger partial charge < -0.3 is 15.4 Å². The van der Waals surface area contributed by atoms with Crippen molar-refractivity contribution >= 4 is 17.3 Å². The summed E-state index contributed by atoms with van der Waals surface area (Å²) in [7, 11) is 0. The van der Waals surface area contributed by atoms with E-state index < -0.39 is 6.36 Å². The van der Waals surface area contributed by atoms with E-state index in [2.05, 4.69) is 29.2 Å². The molecule has 2 N–H and O–H groups in total. The van der Waals surface area contributed by atoms with Crippen molar-refractivity contribution < 1.29 is 22.7 Å². The van der Waals surface area contributed by atoms with Crippen LogP contribution in [0, 0.1) is 12.8 Å². The van der Waals surface area contributed by atoms with Crippen molar-refractivity contribution in [2.75, 3.05) is 11.9 Å². The molecule has 4 nitrogen and oxygen atoms in total. The number of hydrogen-bond acceptors (Lipinski definition) is 3. The molecule has 0 aliphatic rings. The normalized spacial score (nSPS) is 11.4. The summed E-state index contributed by atoms with van der Waals surface area (Å²) in [5.41, 5.74) is 2.01.